The fourth-order valence-corrected chi connectivity index (χ4v) is 0.385. The molecule has 0 aromatic heterocycles. The molecule has 0 heterocycles. The number of benzene rings is 1. The van der Waals surface area contributed by atoms with Crippen LogP contribution < -0.4 is 0 Å². The van der Waals surface area contributed by atoms with Gasteiger partial charge in [-0.15, -0.1) is 6.58 Å². The first-order valence-corrected chi connectivity index (χ1v) is 3.35. The Morgan fingerprint density at radius 1 is 0.769 bits per heavy atom. The summed E-state index contributed by atoms with van der Waals surface area (Å²) in [5, 5.41) is 0. The van der Waals surface area contributed by atoms with Crippen LogP contribution in [0.1, 0.15) is 13.8 Å². The monoisotopic (exact) mass is 266 g/mol. The van der Waals surface area contributed by atoms with Crippen LogP contribution in [-0.2, 0) is 19.5 Å². The van der Waals surface area contributed by atoms with Gasteiger partial charge in [0.1, 0.15) is 0 Å². The van der Waals surface area contributed by atoms with Crippen molar-refractivity contribution in [3.05, 3.63) is 63.4 Å². The smallest absolute Gasteiger partial charge is 0.358 e. The molecule has 0 atom stereocenters. The minimum atomic E-state index is 0. The predicted molar refractivity (Wildman–Crippen MR) is 59.8 cm³/mol. The van der Waals surface area contributed by atoms with Gasteiger partial charge in [-0.2, -0.15) is 0 Å². The van der Waals surface area contributed by atoms with Crippen molar-refractivity contribution in [2.24, 2.45) is 0 Å². The molecule has 1 heteroatoms. The van der Waals surface area contributed by atoms with Gasteiger partial charge in [-0.1, -0.05) is 42.0 Å². The van der Waals surface area contributed by atoms with Gasteiger partial charge in [-0.25, -0.2) is 0 Å². The fourth-order valence-electron chi connectivity index (χ4n) is 0.385. The summed E-state index contributed by atoms with van der Waals surface area (Å²) in [7, 11) is 0. The van der Waals surface area contributed by atoms with Gasteiger partial charge < -0.3 is 14.9 Å². The van der Waals surface area contributed by atoms with Crippen LogP contribution in [0.4, 0.5) is 0 Å². The van der Waals surface area contributed by atoms with Crippen LogP contribution >= 0.6 is 0 Å². The quantitative estimate of drug-likeness (QED) is 0.375. The Bertz CT molecular complexity index is 137. The summed E-state index contributed by atoms with van der Waals surface area (Å²) in [5.41, 5.74) is 1.17. The van der Waals surface area contributed by atoms with E-state index in [-0.39, 0.29) is 34.3 Å². The van der Waals surface area contributed by atoms with Crippen LogP contribution in [0.2, 0.25) is 0 Å². The fraction of sp³-hybridized carbons (Fsp3) is 0.167. The van der Waals surface area contributed by atoms with Crippen molar-refractivity contribution in [1.29, 1.82) is 0 Å². The summed E-state index contributed by atoms with van der Waals surface area (Å²) < 4.78 is 0. The molecule has 0 fully saturated rings. The predicted octanol–water partition coefficient (Wildman–Crippen LogP) is 4.17. The minimum Gasteiger partial charge on any atom is -0.358 e. The second-order valence-electron chi connectivity index (χ2n) is 2.36. The van der Waals surface area contributed by atoms with Gasteiger partial charge in [0.05, 0.1) is 0 Å². The molecule has 1 aromatic carbocycles. The summed E-state index contributed by atoms with van der Waals surface area (Å²) >= 11 is 0. The Hall–Kier alpha value is -0.417. The minimum absolute atomic E-state index is 0. The van der Waals surface area contributed by atoms with Gasteiger partial charge in [0.25, 0.3) is 0 Å². The maximum Gasteiger partial charge on any atom is 2.00 e. The Kier molecular flexibility index (Phi) is 31.0. The Morgan fingerprint density at radius 3 is 0.923 bits per heavy atom. The van der Waals surface area contributed by atoms with E-state index in [1.165, 1.54) is 5.57 Å². The normalized spacial score (nSPS) is 5.69. The van der Waals surface area contributed by atoms with Gasteiger partial charge in [0.2, 0.25) is 0 Å². The zero-order chi connectivity index (χ0) is 7.82. The molecule has 0 amide bonds. The van der Waals surface area contributed by atoms with Crippen LogP contribution in [0.5, 0.6) is 0 Å². The third-order valence-electron chi connectivity index (χ3n) is 0.667. The SMILES string of the molecule is C=C(C)C.[CH3-].[CH3-].[Ru+2].c1ccccc1. The van der Waals surface area contributed by atoms with Crippen molar-refractivity contribution in [3.63, 3.8) is 0 Å². The van der Waals surface area contributed by atoms with Crippen molar-refractivity contribution in [1.82, 2.24) is 0 Å². The van der Waals surface area contributed by atoms with Crippen LogP contribution in [0.3, 0.4) is 0 Å². The molecule has 1 aromatic rings. The first kappa shape index (κ1) is 22.9. The Labute approximate surface area is 96.8 Å². The van der Waals surface area contributed by atoms with E-state index >= 15 is 0 Å². The zero-order valence-electron chi connectivity index (χ0n) is 9.02. The van der Waals surface area contributed by atoms with E-state index in [0.717, 1.165) is 0 Å². The molecular weight excluding hydrogens is 245 g/mol. The van der Waals surface area contributed by atoms with E-state index in [1.54, 1.807) is 0 Å². The third kappa shape index (κ3) is 34.1. The molecule has 0 nitrogen and oxygen atoms in total. The molecule has 0 spiro atoms. The summed E-state index contributed by atoms with van der Waals surface area (Å²) in [4.78, 5) is 0. The topological polar surface area (TPSA) is 0 Å². The van der Waals surface area contributed by atoms with Crippen molar-refractivity contribution in [3.8, 4) is 0 Å². The van der Waals surface area contributed by atoms with E-state index in [0.29, 0.717) is 0 Å². The van der Waals surface area contributed by atoms with Gasteiger partial charge in [-0.05, 0) is 13.8 Å². The molecule has 0 saturated carbocycles. The average molecular weight is 265 g/mol. The molecule has 0 N–H and O–H groups in total. The zero-order valence-corrected chi connectivity index (χ0v) is 10.8. The van der Waals surface area contributed by atoms with E-state index in [2.05, 4.69) is 6.58 Å². The number of hydrogen-bond donors (Lipinski definition) is 0. The summed E-state index contributed by atoms with van der Waals surface area (Å²) in [5.74, 6) is 0. The van der Waals surface area contributed by atoms with E-state index < -0.39 is 0 Å². The standard InChI is InChI=1S/C6H6.C4H8.2CH3.Ru/c1-2-4-6-5-3-1;1-4(2)3;;;/h1-6H;1H2,2-3H3;2*1H3;/q;;2*-1;+2. The van der Waals surface area contributed by atoms with Gasteiger partial charge in [0.15, 0.2) is 0 Å². The van der Waals surface area contributed by atoms with Gasteiger partial charge in [-0.3, -0.25) is 0 Å². The van der Waals surface area contributed by atoms with Gasteiger partial charge >= 0.3 is 19.5 Å². The third-order valence-corrected chi connectivity index (χ3v) is 0.667. The molecule has 0 aliphatic rings. The number of rotatable bonds is 0. The second-order valence-corrected chi connectivity index (χ2v) is 2.36. The summed E-state index contributed by atoms with van der Waals surface area (Å²) in [6.45, 7) is 7.50. The molecular formula is C12H20Ru. The largest absolute Gasteiger partial charge is 2.00 e. The van der Waals surface area contributed by atoms with E-state index in [4.69, 9.17) is 0 Å². The molecule has 76 valence electrons. The maximum absolute atomic E-state index is 3.56. The van der Waals surface area contributed by atoms with Crippen LogP contribution in [-0.4, -0.2) is 0 Å². The first-order valence-electron chi connectivity index (χ1n) is 3.35. The van der Waals surface area contributed by atoms with Crippen molar-refractivity contribution in [2.75, 3.05) is 0 Å². The summed E-state index contributed by atoms with van der Waals surface area (Å²) in [6.07, 6.45) is 0. The van der Waals surface area contributed by atoms with Crippen molar-refractivity contribution >= 4 is 0 Å². The molecule has 0 unspecified atom stereocenters. The number of hydrogen-bond acceptors (Lipinski definition) is 0. The van der Waals surface area contributed by atoms with E-state index in [1.807, 2.05) is 50.2 Å². The van der Waals surface area contributed by atoms with Gasteiger partial charge in [0, 0.05) is 0 Å². The summed E-state index contributed by atoms with van der Waals surface area (Å²) in [6, 6.07) is 12.0. The Morgan fingerprint density at radius 2 is 0.846 bits per heavy atom. The van der Waals surface area contributed by atoms with Crippen molar-refractivity contribution in [2.45, 2.75) is 13.8 Å². The number of allylic oxidation sites excluding steroid dienone is 1. The van der Waals surface area contributed by atoms with Crippen LogP contribution in [0, 0.1) is 14.9 Å². The first-order chi connectivity index (χ1) is 4.73. The van der Waals surface area contributed by atoms with Crippen LogP contribution in [0.25, 0.3) is 0 Å². The van der Waals surface area contributed by atoms with Crippen LogP contribution in [0.15, 0.2) is 48.6 Å². The maximum atomic E-state index is 3.56. The molecule has 13 heavy (non-hydrogen) atoms. The average Bonchev–Trinajstić information content (AvgIpc) is 1.90. The second kappa shape index (κ2) is 17.6. The molecule has 0 aliphatic heterocycles. The molecule has 0 radical (unpaired) electrons. The van der Waals surface area contributed by atoms with Crippen molar-refractivity contribution < 1.29 is 19.5 Å². The molecule has 0 bridgehead atoms. The van der Waals surface area contributed by atoms with E-state index in [9.17, 15) is 0 Å². The molecule has 0 saturated heterocycles. The molecule has 0 aliphatic carbocycles. The Balaban J connectivity index is -0.0000000536. The molecule has 1 rings (SSSR count).